The van der Waals surface area contributed by atoms with Gasteiger partial charge in [-0.05, 0) is 37.3 Å². The first-order chi connectivity index (χ1) is 15.0. The van der Waals surface area contributed by atoms with Gasteiger partial charge in [0.25, 0.3) is 5.91 Å². The van der Waals surface area contributed by atoms with Gasteiger partial charge in [-0.25, -0.2) is 8.42 Å². The van der Waals surface area contributed by atoms with Gasteiger partial charge in [-0.3, -0.25) is 4.79 Å². The number of nitrogens with zero attached hydrogens (tertiary/aromatic N) is 2. The Hall–Kier alpha value is -2.62. The highest BCUT2D eigenvalue weighted by molar-refractivity contribution is 7.89. The van der Waals surface area contributed by atoms with Crippen LogP contribution in [0.3, 0.4) is 0 Å². The Morgan fingerprint density at radius 1 is 1.00 bits per heavy atom. The molecule has 0 spiro atoms. The number of carbonyl (C=O) groups is 1. The van der Waals surface area contributed by atoms with Crippen LogP contribution in [0.5, 0.6) is 11.5 Å². The Balaban J connectivity index is 1.50. The van der Waals surface area contributed by atoms with Gasteiger partial charge in [-0.1, -0.05) is 12.1 Å². The molecule has 0 atom stereocenters. The molecule has 2 aromatic rings. The number of ether oxygens (including phenoxy) is 3. The topological polar surface area (TPSA) is 85.4 Å². The second kappa shape index (κ2) is 9.25. The maximum Gasteiger partial charge on any atom is 0.254 e. The maximum absolute atomic E-state index is 13.1. The number of fused-ring (bicyclic) bond motifs is 1. The zero-order valence-electron chi connectivity index (χ0n) is 17.5. The van der Waals surface area contributed by atoms with Crippen molar-refractivity contribution in [3.8, 4) is 11.5 Å². The number of para-hydroxylation sites is 1. The molecule has 2 heterocycles. The third kappa shape index (κ3) is 4.53. The molecule has 0 unspecified atom stereocenters. The Morgan fingerprint density at radius 3 is 2.42 bits per heavy atom. The van der Waals surface area contributed by atoms with Crippen molar-refractivity contribution in [2.75, 3.05) is 46.1 Å². The SMILES string of the molecule is CCN(Cc1cccc2c1OCCO2)C(=O)c1ccc(S(=O)(=O)N2CCOCC2)cc1. The van der Waals surface area contributed by atoms with Crippen molar-refractivity contribution in [1.82, 2.24) is 9.21 Å². The first kappa shape index (κ1) is 21.6. The van der Waals surface area contributed by atoms with Crippen LogP contribution >= 0.6 is 0 Å². The summed E-state index contributed by atoms with van der Waals surface area (Å²) in [7, 11) is -3.59. The normalized spacial score (nSPS) is 16.7. The number of sulfonamides is 1. The zero-order valence-corrected chi connectivity index (χ0v) is 18.3. The predicted octanol–water partition coefficient (Wildman–Crippen LogP) is 2.14. The van der Waals surface area contributed by atoms with Gasteiger partial charge in [-0.15, -0.1) is 0 Å². The van der Waals surface area contributed by atoms with Crippen molar-refractivity contribution < 1.29 is 27.4 Å². The van der Waals surface area contributed by atoms with Gasteiger partial charge in [0.1, 0.15) is 13.2 Å². The van der Waals surface area contributed by atoms with Crippen LogP contribution in [0.25, 0.3) is 0 Å². The fraction of sp³-hybridized carbons (Fsp3) is 0.409. The van der Waals surface area contributed by atoms with Crippen molar-refractivity contribution in [3.63, 3.8) is 0 Å². The third-order valence-electron chi connectivity index (χ3n) is 5.39. The average molecular weight is 447 g/mol. The summed E-state index contributed by atoms with van der Waals surface area (Å²) in [4.78, 5) is 15.0. The molecule has 1 saturated heterocycles. The second-order valence-electron chi connectivity index (χ2n) is 7.30. The van der Waals surface area contributed by atoms with Crippen molar-refractivity contribution >= 4 is 15.9 Å². The molecule has 0 saturated carbocycles. The van der Waals surface area contributed by atoms with Crippen LogP contribution in [0, 0.1) is 0 Å². The molecule has 31 heavy (non-hydrogen) atoms. The predicted molar refractivity (Wildman–Crippen MR) is 114 cm³/mol. The first-order valence-electron chi connectivity index (χ1n) is 10.4. The van der Waals surface area contributed by atoms with Gasteiger partial charge in [0.2, 0.25) is 10.0 Å². The number of hydrogen-bond acceptors (Lipinski definition) is 6. The van der Waals surface area contributed by atoms with E-state index in [2.05, 4.69) is 0 Å². The lowest BCUT2D eigenvalue weighted by Crippen LogP contribution is -2.40. The van der Waals surface area contributed by atoms with Crippen LogP contribution in [0.1, 0.15) is 22.8 Å². The molecule has 2 aromatic carbocycles. The van der Waals surface area contributed by atoms with Crippen molar-refractivity contribution in [3.05, 3.63) is 53.6 Å². The third-order valence-corrected chi connectivity index (χ3v) is 7.30. The van der Waals surface area contributed by atoms with Crippen molar-refractivity contribution in [2.24, 2.45) is 0 Å². The number of amides is 1. The highest BCUT2D eigenvalue weighted by Crippen LogP contribution is 2.34. The minimum Gasteiger partial charge on any atom is -0.486 e. The van der Waals surface area contributed by atoms with Crippen LogP contribution < -0.4 is 9.47 Å². The van der Waals surface area contributed by atoms with E-state index in [1.54, 1.807) is 17.0 Å². The minimum atomic E-state index is -3.59. The molecule has 4 rings (SSSR count). The summed E-state index contributed by atoms with van der Waals surface area (Å²) in [6.45, 7) is 5.20. The van der Waals surface area contributed by atoms with Gasteiger partial charge in [-0.2, -0.15) is 4.31 Å². The van der Waals surface area contributed by atoms with E-state index in [0.717, 1.165) is 5.56 Å². The van der Waals surface area contributed by atoms with Gasteiger partial charge in [0.15, 0.2) is 11.5 Å². The molecule has 1 amide bonds. The molecule has 0 aliphatic carbocycles. The fourth-order valence-electron chi connectivity index (χ4n) is 3.68. The standard InChI is InChI=1S/C22H26N2O6S/c1-2-23(16-18-4-3-5-20-21(18)30-15-14-29-20)22(25)17-6-8-19(9-7-17)31(26,27)24-10-12-28-13-11-24/h3-9H,2,10-16H2,1H3. The van der Waals surface area contributed by atoms with Gasteiger partial charge >= 0.3 is 0 Å². The van der Waals surface area contributed by atoms with E-state index in [1.807, 2.05) is 25.1 Å². The van der Waals surface area contributed by atoms with Crippen molar-refractivity contribution in [2.45, 2.75) is 18.4 Å². The highest BCUT2D eigenvalue weighted by Gasteiger charge is 2.27. The number of carbonyl (C=O) groups excluding carboxylic acids is 1. The summed E-state index contributed by atoms with van der Waals surface area (Å²) in [5, 5.41) is 0. The minimum absolute atomic E-state index is 0.174. The Kier molecular flexibility index (Phi) is 6.45. The van der Waals surface area contributed by atoms with Crippen molar-refractivity contribution in [1.29, 1.82) is 0 Å². The molecule has 2 aliphatic heterocycles. The van der Waals surface area contributed by atoms with E-state index in [4.69, 9.17) is 14.2 Å². The number of benzene rings is 2. The molecule has 8 nitrogen and oxygen atoms in total. The molecular weight excluding hydrogens is 420 g/mol. The van der Waals surface area contributed by atoms with Crippen LogP contribution in [0.4, 0.5) is 0 Å². The van der Waals surface area contributed by atoms with E-state index in [9.17, 15) is 13.2 Å². The van der Waals surface area contributed by atoms with Gasteiger partial charge < -0.3 is 19.1 Å². The van der Waals surface area contributed by atoms with Gasteiger partial charge in [0.05, 0.1) is 18.1 Å². The van der Waals surface area contributed by atoms with E-state index >= 15 is 0 Å². The van der Waals surface area contributed by atoms with Crippen LogP contribution in [0.15, 0.2) is 47.4 Å². The Bertz CT molecular complexity index is 1030. The fourth-order valence-corrected chi connectivity index (χ4v) is 5.09. The smallest absolute Gasteiger partial charge is 0.254 e. The molecule has 166 valence electrons. The molecule has 0 N–H and O–H groups in total. The zero-order chi connectivity index (χ0) is 21.8. The monoisotopic (exact) mass is 446 g/mol. The quantitative estimate of drug-likeness (QED) is 0.676. The Labute approximate surface area is 182 Å². The van der Waals surface area contributed by atoms with Crippen LogP contribution in [-0.2, 0) is 21.3 Å². The second-order valence-corrected chi connectivity index (χ2v) is 9.24. The summed E-state index contributed by atoms with van der Waals surface area (Å²) in [6, 6.07) is 11.8. The van der Waals surface area contributed by atoms with Crippen LogP contribution in [0.2, 0.25) is 0 Å². The molecule has 9 heteroatoms. The summed E-state index contributed by atoms with van der Waals surface area (Å²) < 4.78 is 43.6. The number of rotatable bonds is 6. The lowest BCUT2D eigenvalue weighted by molar-refractivity contribution is 0.0730. The number of morpholine rings is 1. The van der Waals surface area contributed by atoms with Crippen LogP contribution in [-0.4, -0.2) is 69.6 Å². The molecule has 2 aliphatic rings. The molecular formula is C22H26N2O6S. The molecule has 1 fully saturated rings. The summed E-state index contributed by atoms with van der Waals surface area (Å²) in [5.74, 6) is 1.18. The Morgan fingerprint density at radius 2 is 1.71 bits per heavy atom. The largest absolute Gasteiger partial charge is 0.486 e. The highest BCUT2D eigenvalue weighted by atomic mass is 32.2. The van der Waals surface area contributed by atoms with E-state index in [-0.39, 0.29) is 10.8 Å². The molecule has 0 bridgehead atoms. The maximum atomic E-state index is 13.1. The number of hydrogen-bond donors (Lipinski definition) is 0. The summed E-state index contributed by atoms with van der Waals surface area (Å²) >= 11 is 0. The lowest BCUT2D eigenvalue weighted by Gasteiger charge is -2.26. The average Bonchev–Trinajstić information content (AvgIpc) is 2.83. The van der Waals surface area contributed by atoms with Gasteiger partial charge in [0, 0.05) is 37.3 Å². The van der Waals surface area contributed by atoms with E-state index in [1.165, 1.54) is 16.4 Å². The summed E-state index contributed by atoms with van der Waals surface area (Å²) in [5.41, 5.74) is 1.31. The molecule has 0 aromatic heterocycles. The lowest BCUT2D eigenvalue weighted by atomic mass is 10.1. The summed E-state index contributed by atoms with van der Waals surface area (Å²) in [6.07, 6.45) is 0. The molecule has 0 radical (unpaired) electrons. The van der Waals surface area contributed by atoms with E-state index in [0.29, 0.717) is 69.7 Å². The van der Waals surface area contributed by atoms with E-state index < -0.39 is 10.0 Å². The first-order valence-corrected chi connectivity index (χ1v) is 11.8.